The summed E-state index contributed by atoms with van der Waals surface area (Å²) in [7, 11) is 0. The van der Waals surface area contributed by atoms with Crippen LogP contribution >= 0.6 is 11.6 Å². The summed E-state index contributed by atoms with van der Waals surface area (Å²) >= 11 is 6.14. The van der Waals surface area contributed by atoms with Crippen LogP contribution in [-0.4, -0.2) is 17.5 Å². The predicted molar refractivity (Wildman–Crippen MR) is 66.5 cm³/mol. The second-order valence-corrected chi connectivity index (χ2v) is 4.97. The van der Waals surface area contributed by atoms with Crippen molar-refractivity contribution in [1.82, 2.24) is 0 Å². The Labute approximate surface area is 102 Å². The normalized spacial score (nSPS) is 30.2. The zero-order valence-corrected chi connectivity index (χ0v) is 10.1. The molecule has 0 aliphatic heterocycles. The number of hydrogen-bond donors (Lipinski definition) is 1. The van der Waals surface area contributed by atoms with E-state index in [2.05, 4.69) is 12.1 Å². The van der Waals surface area contributed by atoms with Gasteiger partial charge in [-0.3, -0.25) is 0 Å². The minimum atomic E-state index is 0.0644. The van der Waals surface area contributed by atoms with E-state index in [-0.39, 0.29) is 17.5 Å². The number of halogens is 1. The van der Waals surface area contributed by atoms with Gasteiger partial charge in [-0.25, -0.2) is 0 Å². The maximum atomic E-state index is 6.14. The molecule has 0 bridgehead atoms. The Bertz CT molecular complexity index is 317. The average molecular weight is 240 g/mol. The third-order valence-corrected chi connectivity index (χ3v) is 3.60. The molecule has 0 saturated heterocycles. The number of nitrogens with two attached hydrogens (primary N) is 1. The molecule has 0 radical (unpaired) electrons. The fourth-order valence-corrected chi connectivity index (χ4v) is 2.37. The molecule has 0 heterocycles. The second-order valence-electron chi connectivity index (χ2n) is 4.41. The van der Waals surface area contributed by atoms with Crippen LogP contribution in [0.5, 0.6) is 0 Å². The Morgan fingerprint density at radius 2 is 2.00 bits per heavy atom. The molecule has 0 aromatic heterocycles. The average Bonchev–Trinajstić information content (AvgIpc) is 2.32. The van der Waals surface area contributed by atoms with Crippen molar-refractivity contribution in [2.75, 3.05) is 0 Å². The molecule has 1 saturated carbocycles. The zero-order chi connectivity index (χ0) is 11.4. The van der Waals surface area contributed by atoms with Gasteiger partial charge in [0.2, 0.25) is 0 Å². The highest BCUT2D eigenvalue weighted by Gasteiger charge is 2.26. The van der Waals surface area contributed by atoms with E-state index in [0.717, 1.165) is 19.3 Å². The van der Waals surface area contributed by atoms with E-state index in [0.29, 0.717) is 6.61 Å². The molecule has 3 atom stereocenters. The van der Waals surface area contributed by atoms with E-state index in [9.17, 15) is 0 Å². The summed E-state index contributed by atoms with van der Waals surface area (Å²) in [5.74, 6) is 0. The third-order valence-electron chi connectivity index (χ3n) is 3.10. The van der Waals surface area contributed by atoms with Gasteiger partial charge >= 0.3 is 0 Å². The van der Waals surface area contributed by atoms with Gasteiger partial charge in [0, 0.05) is 6.04 Å². The van der Waals surface area contributed by atoms with E-state index < -0.39 is 0 Å². The van der Waals surface area contributed by atoms with Crippen LogP contribution in [0.2, 0.25) is 0 Å². The molecular weight excluding hydrogens is 222 g/mol. The van der Waals surface area contributed by atoms with Crippen LogP contribution in [0.15, 0.2) is 30.3 Å². The lowest BCUT2D eigenvalue weighted by Gasteiger charge is -2.30. The Hall–Kier alpha value is -0.570. The molecule has 2 nitrogen and oxygen atoms in total. The van der Waals surface area contributed by atoms with Crippen molar-refractivity contribution in [2.24, 2.45) is 5.73 Å². The first kappa shape index (κ1) is 11.9. The first-order chi connectivity index (χ1) is 7.75. The van der Waals surface area contributed by atoms with Gasteiger partial charge in [0.25, 0.3) is 0 Å². The lowest BCUT2D eigenvalue weighted by molar-refractivity contribution is 0.0150. The Kier molecular flexibility index (Phi) is 4.22. The summed E-state index contributed by atoms with van der Waals surface area (Å²) in [6.45, 7) is 0.671. The lowest BCUT2D eigenvalue weighted by atomic mass is 9.93. The van der Waals surface area contributed by atoms with Gasteiger partial charge in [0.1, 0.15) is 0 Å². The molecule has 0 amide bonds. The highest BCUT2D eigenvalue weighted by atomic mass is 35.5. The number of hydrogen-bond acceptors (Lipinski definition) is 2. The van der Waals surface area contributed by atoms with E-state index in [1.165, 1.54) is 5.56 Å². The van der Waals surface area contributed by atoms with Gasteiger partial charge in [-0.05, 0) is 24.8 Å². The summed E-state index contributed by atoms with van der Waals surface area (Å²) < 4.78 is 5.85. The van der Waals surface area contributed by atoms with Crippen molar-refractivity contribution in [2.45, 2.75) is 43.4 Å². The number of rotatable bonds is 3. The van der Waals surface area contributed by atoms with E-state index in [4.69, 9.17) is 22.1 Å². The van der Waals surface area contributed by atoms with Gasteiger partial charge in [-0.2, -0.15) is 0 Å². The summed E-state index contributed by atoms with van der Waals surface area (Å²) in [6.07, 6.45) is 3.13. The van der Waals surface area contributed by atoms with Crippen molar-refractivity contribution in [1.29, 1.82) is 0 Å². The predicted octanol–water partition coefficient (Wildman–Crippen LogP) is 2.69. The third kappa shape index (κ3) is 3.21. The lowest BCUT2D eigenvalue weighted by Crippen LogP contribution is -2.39. The maximum absolute atomic E-state index is 6.14. The largest absolute Gasteiger partial charge is 0.373 e. The monoisotopic (exact) mass is 239 g/mol. The van der Waals surface area contributed by atoms with Crippen LogP contribution in [0.3, 0.4) is 0 Å². The molecular formula is C13H18ClNO. The fourth-order valence-electron chi connectivity index (χ4n) is 2.04. The van der Waals surface area contributed by atoms with Gasteiger partial charge < -0.3 is 10.5 Å². The highest BCUT2D eigenvalue weighted by molar-refractivity contribution is 6.21. The van der Waals surface area contributed by atoms with E-state index >= 15 is 0 Å². The number of alkyl halides is 1. The van der Waals surface area contributed by atoms with Crippen LogP contribution < -0.4 is 5.73 Å². The van der Waals surface area contributed by atoms with E-state index in [1.807, 2.05) is 18.2 Å². The van der Waals surface area contributed by atoms with Crippen molar-refractivity contribution < 1.29 is 4.74 Å². The molecule has 1 fully saturated rings. The summed E-state index contributed by atoms with van der Waals surface area (Å²) in [4.78, 5) is 0. The number of ether oxygens (including phenoxy) is 1. The topological polar surface area (TPSA) is 35.2 Å². The van der Waals surface area contributed by atoms with Crippen molar-refractivity contribution in [3.05, 3.63) is 35.9 Å². The molecule has 16 heavy (non-hydrogen) atoms. The van der Waals surface area contributed by atoms with Gasteiger partial charge in [-0.15, -0.1) is 11.6 Å². The molecule has 0 unspecified atom stereocenters. The first-order valence-electron chi connectivity index (χ1n) is 5.81. The SMILES string of the molecule is N[C@@H]1CC[C@H](OCc2ccccc2)C[C@H]1Cl. The van der Waals surface area contributed by atoms with E-state index in [1.54, 1.807) is 0 Å². The van der Waals surface area contributed by atoms with Crippen LogP contribution in [-0.2, 0) is 11.3 Å². The molecule has 3 heteroatoms. The Morgan fingerprint density at radius 1 is 1.25 bits per heavy atom. The minimum absolute atomic E-state index is 0.0644. The second kappa shape index (κ2) is 5.67. The molecule has 2 rings (SSSR count). The van der Waals surface area contributed by atoms with Crippen molar-refractivity contribution >= 4 is 11.6 Å². The summed E-state index contributed by atoms with van der Waals surface area (Å²) in [5.41, 5.74) is 7.07. The van der Waals surface area contributed by atoms with Crippen LogP contribution in [0.1, 0.15) is 24.8 Å². The van der Waals surface area contributed by atoms with Gasteiger partial charge in [0.15, 0.2) is 0 Å². The molecule has 2 N–H and O–H groups in total. The van der Waals surface area contributed by atoms with Gasteiger partial charge in [-0.1, -0.05) is 30.3 Å². The summed E-state index contributed by atoms with van der Waals surface area (Å²) in [6, 6.07) is 10.4. The van der Waals surface area contributed by atoms with Crippen LogP contribution in [0, 0.1) is 0 Å². The fraction of sp³-hybridized carbons (Fsp3) is 0.538. The summed E-state index contributed by atoms with van der Waals surface area (Å²) in [5, 5.41) is 0.0644. The maximum Gasteiger partial charge on any atom is 0.0720 e. The molecule has 1 aromatic rings. The smallest absolute Gasteiger partial charge is 0.0720 e. The number of benzene rings is 1. The zero-order valence-electron chi connectivity index (χ0n) is 9.31. The molecule has 1 aliphatic rings. The van der Waals surface area contributed by atoms with Crippen molar-refractivity contribution in [3.8, 4) is 0 Å². The molecule has 1 aliphatic carbocycles. The minimum Gasteiger partial charge on any atom is -0.373 e. The highest BCUT2D eigenvalue weighted by Crippen LogP contribution is 2.25. The van der Waals surface area contributed by atoms with Crippen LogP contribution in [0.25, 0.3) is 0 Å². The van der Waals surface area contributed by atoms with Gasteiger partial charge in [0.05, 0.1) is 18.1 Å². The van der Waals surface area contributed by atoms with Crippen LogP contribution in [0.4, 0.5) is 0 Å². The molecule has 0 spiro atoms. The Morgan fingerprint density at radius 3 is 2.69 bits per heavy atom. The standard InChI is InChI=1S/C13H18ClNO/c14-12-8-11(6-7-13(12)15)16-9-10-4-2-1-3-5-10/h1-5,11-13H,6-9,15H2/t11-,12+,13+/m0/s1. The molecule has 1 aromatic carbocycles. The molecule has 88 valence electrons. The quantitative estimate of drug-likeness (QED) is 0.824. The first-order valence-corrected chi connectivity index (χ1v) is 6.24. The van der Waals surface area contributed by atoms with Crippen molar-refractivity contribution in [3.63, 3.8) is 0 Å². The Balaban J connectivity index is 1.79.